The molecule has 0 atom stereocenters. The average Bonchev–Trinajstić information content (AvgIpc) is 2.67. The predicted molar refractivity (Wildman–Crippen MR) is 101 cm³/mol. The molecule has 0 aliphatic rings. The number of hydrogen-bond acceptors (Lipinski definition) is 5. The van der Waals surface area contributed by atoms with E-state index in [0.29, 0.717) is 24.7 Å². The van der Waals surface area contributed by atoms with E-state index in [2.05, 4.69) is 32.4 Å². The maximum Gasteiger partial charge on any atom is 0.270 e. The van der Waals surface area contributed by atoms with E-state index in [9.17, 15) is 4.79 Å². The van der Waals surface area contributed by atoms with Crippen LogP contribution in [0, 0.1) is 6.92 Å². The first-order chi connectivity index (χ1) is 12.6. The summed E-state index contributed by atoms with van der Waals surface area (Å²) in [6.45, 7) is 2.96. The van der Waals surface area contributed by atoms with Gasteiger partial charge < -0.3 is 10.2 Å². The molecule has 6 nitrogen and oxygen atoms in total. The van der Waals surface area contributed by atoms with E-state index in [1.165, 1.54) is 0 Å². The fraction of sp³-hybridized carbons (Fsp3) is 0.200. The maximum atomic E-state index is 12.5. The van der Waals surface area contributed by atoms with Gasteiger partial charge in [0.05, 0.1) is 0 Å². The number of carbonyl (C=O) groups is 1. The summed E-state index contributed by atoms with van der Waals surface area (Å²) >= 11 is 0. The van der Waals surface area contributed by atoms with Crippen molar-refractivity contribution in [3.8, 4) is 0 Å². The van der Waals surface area contributed by atoms with E-state index in [-0.39, 0.29) is 5.91 Å². The van der Waals surface area contributed by atoms with Crippen molar-refractivity contribution in [2.45, 2.75) is 20.0 Å². The lowest BCUT2D eigenvalue weighted by Gasteiger charge is -2.18. The number of nitrogens with zero attached hydrogens (tertiary/aromatic N) is 4. The summed E-state index contributed by atoms with van der Waals surface area (Å²) in [6.07, 6.45) is 3.40. The van der Waals surface area contributed by atoms with Gasteiger partial charge >= 0.3 is 0 Å². The molecule has 0 aliphatic heterocycles. The number of amides is 1. The van der Waals surface area contributed by atoms with Gasteiger partial charge in [0.1, 0.15) is 5.69 Å². The molecule has 0 fully saturated rings. The summed E-state index contributed by atoms with van der Waals surface area (Å²) in [4.78, 5) is 27.3. The van der Waals surface area contributed by atoms with Gasteiger partial charge in [0.15, 0.2) is 0 Å². The van der Waals surface area contributed by atoms with Gasteiger partial charge in [-0.1, -0.05) is 30.3 Å². The molecule has 2 heterocycles. The normalized spacial score (nSPS) is 10.4. The van der Waals surface area contributed by atoms with Crippen LogP contribution in [-0.4, -0.2) is 27.9 Å². The smallest absolute Gasteiger partial charge is 0.270 e. The van der Waals surface area contributed by atoms with Crippen molar-refractivity contribution in [3.05, 3.63) is 83.4 Å². The fourth-order valence-corrected chi connectivity index (χ4v) is 2.54. The molecular weight excluding hydrogens is 326 g/mol. The van der Waals surface area contributed by atoms with Crippen LogP contribution in [0.5, 0.6) is 0 Å². The lowest BCUT2D eigenvalue weighted by atomic mass is 10.2. The van der Waals surface area contributed by atoms with Gasteiger partial charge in [-0.2, -0.15) is 0 Å². The number of benzene rings is 1. The molecule has 0 unspecified atom stereocenters. The van der Waals surface area contributed by atoms with Gasteiger partial charge in [-0.05, 0) is 36.2 Å². The van der Waals surface area contributed by atoms with Crippen molar-refractivity contribution in [2.75, 3.05) is 11.9 Å². The summed E-state index contributed by atoms with van der Waals surface area (Å²) in [5, 5.41) is 2.88. The SMILES string of the molecule is Cc1cc(C(=O)NCc2ccncc2)nc(N(C)Cc2ccccc2)n1. The van der Waals surface area contributed by atoms with Crippen LogP contribution in [0.2, 0.25) is 0 Å². The van der Waals surface area contributed by atoms with E-state index in [1.54, 1.807) is 18.5 Å². The molecule has 0 bridgehead atoms. The van der Waals surface area contributed by atoms with Crippen LogP contribution in [0.4, 0.5) is 5.95 Å². The van der Waals surface area contributed by atoms with Crippen LogP contribution in [-0.2, 0) is 13.1 Å². The number of anilines is 1. The Morgan fingerprint density at radius 2 is 1.77 bits per heavy atom. The Hall–Kier alpha value is -3.28. The second-order valence-electron chi connectivity index (χ2n) is 6.07. The Bertz CT molecular complexity index is 868. The van der Waals surface area contributed by atoms with Gasteiger partial charge in [-0.25, -0.2) is 9.97 Å². The van der Waals surface area contributed by atoms with Crippen LogP contribution in [0.3, 0.4) is 0 Å². The summed E-state index contributed by atoms with van der Waals surface area (Å²) in [7, 11) is 1.92. The van der Waals surface area contributed by atoms with E-state index in [0.717, 1.165) is 16.8 Å². The Kier molecular flexibility index (Phi) is 5.53. The molecule has 26 heavy (non-hydrogen) atoms. The molecule has 6 heteroatoms. The van der Waals surface area contributed by atoms with Gasteiger partial charge in [-0.15, -0.1) is 0 Å². The Balaban J connectivity index is 1.71. The monoisotopic (exact) mass is 347 g/mol. The van der Waals surface area contributed by atoms with E-state index in [4.69, 9.17) is 0 Å². The predicted octanol–water partition coefficient (Wildman–Crippen LogP) is 2.75. The average molecular weight is 347 g/mol. The molecule has 132 valence electrons. The summed E-state index contributed by atoms with van der Waals surface area (Å²) in [6, 6.07) is 15.5. The van der Waals surface area contributed by atoms with E-state index >= 15 is 0 Å². The summed E-state index contributed by atoms with van der Waals surface area (Å²) in [5.74, 6) is 0.310. The highest BCUT2D eigenvalue weighted by molar-refractivity contribution is 5.92. The molecule has 0 aliphatic carbocycles. The number of hydrogen-bond donors (Lipinski definition) is 1. The lowest BCUT2D eigenvalue weighted by Crippen LogP contribution is -2.26. The third-order valence-electron chi connectivity index (χ3n) is 3.88. The highest BCUT2D eigenvalue weighted by Gasteiger charge is 2.13. The van der Waals surface area contributed by atoms with Crippen LogP contribution in [0.1, 0.15) is 27.3 Å². The quantitative estimate of drug-likeness (QED) is 0.742. The highest BCUT2D eigenvalue weighted by Crippen LogP contribution is 2.12. The molecule has 1 amide bonds. The molecule has 0 saturated heterocycles. The third-order valence-corrected chi connectivity index (χ3v) is 3.88. The Labute approximate surface area is 153 Å². The van der Waals surface area contributed by atoms with Crippen LogP contribution in [0.15, 0.2) is 60.9 Å². The Morgan fingerprint density at radius 1 is 1.04 bits per heavy atom. The van der Waals surface area contributed by atoms with Crippen molar-refractivity contribution in [1.29, 1.82) is 0 Å². The van der Waals surface area contributed by atoms with Gasteiger partial charge in [0.25, 0.3) is 5.91 Å². The third kappa shape index (κ3) is 4.63. The maximum absolute atomic E-state index is 12.5. The molecule has 0 radical (unpaired) electrons. The van der Waals surface area contributed by atoms with Crippen molar-refractivity contribution in [3.63, 3.8) is 0 Å². The first-order valence-corrected chi connectivity index (χ1v) is 8.39. The van der Waals surface area contributed by atoms with Crippen LogP contribution >= 0.6 is 0 Å². The zero-order chi connectivity index (χ0) is 18.4. The number of carbonyl (C=O) groups excluding carboxylic acids is 1. The van der Waals surface area contributed by atoms with Crippen LogP contribution in [0.25, 0.3) is 0 Å². The fourth-order valence-electron chi connectivity index (χ4n) is 2.54. The Morgan fingerprint density at radius 3 is 2.50 bits per heavy atom. The molecule has 0 saturated carbocycles. The summed E-state index contributed by atoms with van der Waals surface area (Å²) < 4.78 is 0. The van der Waals surface area contributed by atoms with Crippen molar-refractivity contribution in [1.82, 2.24) is 20.3 Å². The van der Waals surface area contributed by atoms with Gasteiger partial charge in [0, 0.05) is 38.2 Å². The molecule has 3 rings (SSSR count). The molecule has 1 N–H and O–H groups in total. The van der Waals surface area contributed by atoms with E-state index in [1.807, 2.05) is 49.2 Å². The van der Waals surface area contributed by atoms with Crippen LogP contribution < -0.4 is 10.2 Å². The molecular formula is C20H21N5O. The van der Waals surface area contributed by atoms with Crippen molar-refractivity contribution >= 4 is 11.9 Å². The second kappa shape index (κ2) is 8.20. The zero-order valence-corrected chi connectivity index (χ0v) is 14.9. The number of aromatic nitrogens is 3. The summed E-state index contributed by atoms with van der Waals surface area (Å²) in [5.41, 5.74) is 3.26. The van der Waals surface area contributed by atoms with Crippen molar-refractivity contribution in [2.24, 2.45) is 0 Å². The number of pyridine rings is 1. The number of nitrogens with one attached hydrogen (secondary N) is 1. The lowest BCUT2D eigenvalue weighted by molar-refractivity contribution is 0.0945. The van der Waals surface area contributed by atoms with Crippen molar-refractivity contribution < 1.29 is 4.79 Å². The topological polar surface area (TPSA) is 71.0 Å². The zero-order valence-electron chi connectivity index (χ0n) is 14.9. The standard InChI is InChI=1S/C20H21N5O/c1-15-12-18(19(26)22-13-16-8-10-21-11-9-16)24-20(23-15)25(2)14-17-6-4-3-5-7-17/h3-12H,13-14H2,1-2H3,(H,22,26). The first-order valence-electron chi connectivity index (χ1n) is 8.39. The number of rotatable bonds is 6. The largest absolute Gasteiger partial charge is 0.347 e. The van der Waals surface area contributed by atoms with E-state index < -0.39 is 0 Å². The minimum absolute atomic E-state index is 0.221. The minimum Gasteiger partial charge on any atom is -0.347 e. The van der Waals surface area contributed by atoms with Gasteiger partial charge in [0.2, 0.25) is 5.95 Å². The second-order valence-corrected chi connectivity index (χ2v) is 6.07. The first kappa shape index (κ1) is 17.5. The number of aryl methyl sites for hydroxylation is 1. The minimum atomic E-state index is -0.221. The highest BCUT2D eigenvalue weighted by atomic mass is 16.1. The molecule has 0 spiro atoms. The molecule has 2 aromatic heterocycles. The van der Waals surface area contributed by atoms with Gasteiger partial charge in [-0.3, -0.25) is 9.78 Å². The molecule has 3 aromatic rings. The molecule has 1 aromatic carbocycles.